The monoisotopic (exact) mass is 193 g/mol. The Morgan fingerprint density at radius 3 is 2.36 bits per heavy atom. The largest absolute Gasteiger partial charge is 0.391 e. The zero-order valence-electron chi connectivity index (χ0n) is 8.90. The molecular formula is C12H19NO. The minimum Gasteiger partial charge on any atom is -0.391 e. The predicted octanol–water partition coefficient (Wildman–Crippen LogP) is 1.72. The Morgan fingerprint density at radius 2 is 1.86 bits per heavy atom. The van der Waals surface area contributed by atoms with Crippen LogP contribution in [0, 0.1) is 0 Å². The first kappa shape index (κ1) is 11.2. The number of aliphatic hydroxyl groups excluding tert-OH is 1. The summed E-state index contributed by atoms with van der Waals surface area (Å²) >= 11 is 0. The molecule has 3 N–H and O–H groups in total. The Bertz CT molecular complexity index is 263. The molecule has 14 heavy (non-hydrogen) atoms. The third-order valence-electron chi connectivity index (χ3n) is 2.41. The van der Waals surface area contributed by atoms with Crippen molar-refractivity contribution in [2.24, 2.45) is 5.73 Å². The lowest BCUT2D eigenvalue weighted by molar-refractivity contribution is 0.0956. The lowest BCUT2D eigenvalue weighted by Gasteiger charge is -2.25. The number of hydrogen-bond donors (Lipinski definition) is 2. The van der Waals surface area contributed by atoms with E-state index in [1.165, 1.54) is 5.56 Å². The van der Waals surface area contributed by atoms with Gasteiger partial charge in [-0.1, -0.05) is 30.3 Å². The zero-order valence-corrected chi connectivity index (χ0v) is 8.90. The van der Waals surface area contributed by atoms with E-state index in [4.69, 9.17) is 5.73 Å². The predicted molar refractivity (Wildman–Crippen MR) is 59.0 cm³/mol. The summed E-state index contributed by atoms with van der Waals surface area (Å²) < 4.78 is 0. The molecule has 0 aromatic heterocycles. The highest BCUT2D eigenvalue weighted by Crippen LogP contribution is 2.12. The van der Waals surface area contributed by atoms with Crippen LogP contribution >= 0.6 is 0 Å². The molecule has 0 fully saturated rings. The van der Waals surface area contributed by atoms with E-state index in [9.17, 15) is 5.11 Å². The van der Waals surface area contributed by atoms with Crippen LogP contribution in [0.1, 0.15) is 25.8 Å². The molecule has 0 heterocycles. The van der Waals surface area contributed by atoms with Gasteiger partial charge >= 0.3 is 0 Å². The van der Waals surface area contributed by atoms with Crippen molar-refractivity contribution in [2.75, 3.05) is 0 Å². The fourth-order valence-corrected chi connectivity index (χ4v) is 1.32. The molecular weight excluding hydrogens is 174 g/mol. The van der Waals surface area contributed by atoms with Gasteiger partial charge in [0, 0.05) is 5.54 Å². The smallest absolute Gasteiger partial charge is 0.0717 e. The van der Waals surface area contributed by atoms with Gasteiger partial charge in [0.05, 0.1) is 6.10 Å². The van der Waals surface area contributed by atoms with Gasteiger partial charge in [-0.05, 0) is 32.3 Å². The summed E-state index contributed by atoms with van der Waals surface area (Å²) in [6.45, 7) is 3.70. The molecule has 1 unspecified atom stereocenters. The molecule has 0 aliphatic heterocycles. The van der Waals surface area contributed by atoms with Crippen LogP contribution in [0.3, 0.4) is 0 Å². The minimum absolute atomic E-state index is 0.442. The van der Waals surface area contributed by atoms with E-state index in [0.29, 0.717) is 6.42 Å². The van der Waals surface area contributed by atoms with Gasteiger partial charge in [0.1, 0.15) is 0 Å². The lowest BCUT2D eigenvalue weighted by Crippen LogP contribution is -2.45. The highest BCUT2D eigenvalue weighted by molar-refractivity contribution is 5.14. The summed E-state index contributed by atoms with van der Waals surface area (Å²) in [6, 6.07) is 10.1. The van der Waals surface area contributed by atoms with Gasteiger partial charge in [-0.25, -0.2) is 0 Å². The van der Waals surface area contributed by atoms with Crippen molar-refractivity contribution in [3.05, 3.63) is 35.9 Å². The average molecular weight is 193 g/mol. The highest BCUT2D eigenvalue weighted by atomic mass is 16.3. The number of nitrogens with two attached hydrogens (primary N) is 1. The molecule has 0 radical (unpaired) electrons. The van der Waals surface area contributed by atoms with Crippen molar-refractivity contribution in [3.8, 4) is 0 Å². The first-order valence-electron chi connectivity index (χ1n) is 5.01. The second-order valence-electron chi connectivity index (χ2n) is 4.36. The van der Waals surface area contributed by atoms with Gasteiger partial charge in [0.25, 0.3) is 0 Å². The van der Waals surface area contributed by atoms with Crippen LogP contribution in [0.25, 0.3) is 0 Å². The highest BCUT2D eigenvalue weighted by Gasteiger charge is 2.21. The molecule has 1 atom stereocenters. The summed E-state index contributed by atoms with van der Waals surface area (Å²) in [6.07, 6.45) is 1.15. The van der Waals surface area contributed by atoms with Crippen molar-refractivity contribution in [2.45, 2.75) is 38.3 Å². The Balaban J connectivity index is 2.42. The molecule has 0 spiro atoms. The van der Waals surface area contributed by atoms with Gasteiger partial charge in [-0.3, -0.25) is 0 Å². The first-order chi connectivity index (χ1) is 6.50. The summed E-state index contributed by atoms with van der Waals surface area (Å²) in [5.41, 5.74) is 6.53. The molecule has 2 nitrogen and oxygen atoms in total. The van der Waals surface area contributed by atoms with Crippen LogP contribution in [0.5, 0.6) is 0 Å². The van der Waals surface area contributed by atoms with Crippen molar-refractivity contribution >= 4 is 0 Å². The molecule has 78 valence electrons. The Hall–Kier alpha value is -0.860. The molecule has 1 aromatic carbocycles. The van der Waals surface area contributed by atoms with Crippen molar-refractivity contribution < 1.29 is 5.11 Å². The molecule has 0 aliphatic rings. The fourth-order valence-electron chi connectivity index (χ4n) is 1.32. The van der Waals surface area contributed by atoms with E-state index in [2.05, 4.69) is 12.1 Å². The number of rotatable bonds is 4. The molecule has 0 amide bonds. The fraction of sp³-hybridized carbons (Fsp3) is 0.500. The van der Waals surface area contributed by atoms with Gasteiger partial charge in [0.15, 0.2) is 0 Å². The summed E-state index contributed by atoms with van der Waals surface area (Å²) in [4.78, 5) is 0. The normalized spacial score (nSPS) is 14.0. The van der Waals surface area contributed by atoms with Crippen LogP contribution in [-0.2, 0) is 6.42 Å². The van der Waals surface area contributed by atoms with Gasteiger partial charge in [0.2, 0.25) is 0 Å². The maximum Gasteiger partial charge on any atom is 0.0717 e. The quantitative estimate of drug-likeness (QED) is 0.764. The van der Waals surface area contributed by atoms with Gasteiger partial charge < -0.3 is 10.8 Å². The molecule has 0 saturated carbocycles. The van der Waals surface area contributed by atoms with E-state index in [-0.39, 0.29) is 0 Å². The van der Waals surface area contributed by atoms with Crippen molar-refractivity contribution in [1.82, 2.24) is 0 Å². The van der Waals surface area contributed by atoms with Crippen LogP contribution in [0.4, 0.5) is 0 Å². The van der Waals surface area contributed by atoms with Crippen LogP contribution in [0.15, 0.2) is 30.3 Å². The second kappa shape index (κ2) is 4.58. The van der Waals surface area contributed by atoms with E-state index in [0.717, 1.165) is 6.42 Å². The Morgan fingerprint density at radius 1 is 1.29 bits per heavy atom. The zero-order chi connectivity index (χ0) is 10.6. The SMILES string of the molecule is CC(C)(N)C(O)CCc1ccccc1. The number of aryl methyl sites for hydroxylation is 1. The molecule has 2 heteroatoms. The summed E-state index contributed by atoms with van der Waals surface area (Å²) in [5.74, 6) is 0. The Labute approximate surface area is 85.8 Å². The van der Waals surface area contributed by atoms with Gasteiger partial charge in [-0.2, -0.15) is 0 Å². The summed E-state index contributed by atoms with van der Waals surface area (Å²) in [5, 5.41) is 9.72. The standard InChI is InChI=1S/C12H19NO/c1-12(2,13)11(14)9-8-10-6-4-3-5-7-10/h3-7,11,14H,8-9,13H2,1-2H3. The average Bonchev–Trinajstić information content (AvgIpc) is 2.14. The van der Waals surface area contributed by atoms with Crippen molar-refractivity contribution in [1.29, 1.82) is 0 Å². The molecule has 1 aromatic rings. The van der Waals surface area contributed by atoms with Crippen LogP contribution < -0.4 is 5.73 Å². The van der Waals surface area contributed by atoms with E-state index >= 15 is 0 Å². The molecule has 0 aliphatic carbocycles. The topological polar surface area (TPSA) is 46.2 Å². The van der Waals surface area contributed by atoms with E-state index in [1.54, 1.807) is 0 Å². The minimum atomic E-state index is -0.505. The third-order valence-corrected chi connectivity index (χ3v) is 2.41. The van der Waals surface area contributed by atoms with Crippen LogP contribution in [-0.4, -0.2) is 16.7 Å². The maximum atomic E-state index is 9.72. The van der Waals surface area contributed by atoms with Crippen molar-refractivity contribution in [3.63, 3.8) is 0 Å². The van der Waals surface area contributed by atoms with E-state index < -0.39 is 11.6 Å². The molecule has 0 saturated heterocycles. The maximum absolute atomic E-state index is 9.72. The summed E-state index contributed by atoms with van der Waals surface area (Å²) in [7, 11) is 0. The number of hydrogen-bond acceptors (Lipinski definition) is 2. The van der Waals surface area contributed by atoms with E-state index in [1.807, 2.05) is 32.0 Å². The first-order valence-corrected chi connectivity index (χ1v) is 5.01. The number of aliphatic hydroxyl groups is 1. The second-order valence-corrected chi connectivity index (χ2v) is 4.36. The Kier molecular flexibility index (Phi) is 3.67. The van der Waals surface area contributed by atoms with Crippen LogP contribution in [0.2, 0.25) is 0 Å². The lowest BCUT2D eigenvalue weighted by atomic mass is 9.93. The van der Waals surface area contributed by atoms with Gasteiger partial charge in [-0.15, -0.1) is 0 Å². The molecule has 1 rings (SSSR count). The number of benzene rings is 1. The third kappa shape index (κ3) is 3.48. The molecule has 0 bridgehead atoms.